The Morgan fingerprint density at radius 3 is 2.38 bits per heavy atom. The maximum absolute atomic E-state index is 13.6. The molecule has 0 saturated carbocycles. The lowest BCUT2D eigenvalue weighted by Crippen LogP contribution is -2.29. The summed E-state index contributed by atoms with van der Waals surface area (Å²) in [4.78, 5) is 26.6. The predicted octanol–water partition coefficient (Wildman–Crippen LogP) is 6.32. The Bertz CT molecular complexity index is 1490. The molecule has 3 aromatic rings. The fourth-order valence-corrected chi connectivity index (χ4v) is 5.23. The number of rotatable bonds is 6. The van der Waals surface area contributed by atoms with E-state index >= 15 is 0 Å². The summed E-state index contributed by atoms with van der Waals surface area (Å²) < 4.78 is 16.8. The molecule has 0 saturated heterocycles. The van der Waals surface area contributed by atoms with Crippen molar-refractivity contribution in [2.75, 3.05) is 14.2 Å². The number of halogens is 2. The van der Waals surface area contributed by atoms with Gasteiger partial charge in [-0.1, -0.05) is 59.6 Å². The first-order valence-corrected chi connectivity index (χ1v) is 12.3. The Morgan fingerprint density at radius 1 is 1.00 bits per heavy atom. The lowest BCUT2D eigenvalue weighted by molar-refractivity contribution is -0.136. The van der Waals surface area contributed by atoms with Crippen molar-refractivity contribution in [1.29, 1.82) is 0 Å². The summed E-state index contributed by atoms with van der Waals surface area (Å²) >= 11 is 12.7. The first-order valence-electron chi connectivity index (χ1n) is 11.5. The van der Waals surface area contributed by atoms with Gasteiger partial charge < -0.3 is 19.5 Å². The number of methoxy groups -OCH3 is 2. The second-order valence-corrected chi connectivity index (χ2v) is 9.54. The van der Waals surface area contributed by atoms with Crippen LogP contribution >= 0.6 is 23.2 Å². The van der Waals surface area contributed by atoms with Crippen LogP contribution in [0.1, 0.15) is 39.9 Å². The SMILES string of the molecule is COC(=O)C1=C(C)NC2=C(C(=O)c3ccccc32)[C@H]1c1cc(Cl)c(OCc2ccc(Cl)cc2)c(OC)c1. The van der Waals surface area contributed by atoms with Gasteiger partial charge in [0.25, 0.3) is 0 Å². The Balaban J connectivity index is 1.60. The zero-order valence-electron chi connectivity index (χ0n) is 20.4. The van der Waals surface area contributed by atoms with Crippen molar-refractivity contribution in [3.05, 3.63) is 110 Å². The molecule has 188 valence electrons. The quantitative estimate of drug-likeness (QED) is 0.372. The number of esters is 1. The monoisotopic (exact) mass is 535 g/mol. The summed E-state index contributed by atoms with van der Waals surface area (Å²) in [6.07, 6.45) is 0. The summed E-state index contributed by atoms with van der Waals surface area (Å²) in [5.74, 6) is -0.687. The van der Waals surface area contributed by atoms with Gasteiger partial charge in [0.2, 0.25) is 0 Å². The van der Waals surface area contributed by atoms with Gasteiger partial charge in [-0.25, -0.2) is 4.79 Å². The maximum Gasteiger partial charge on any atom is 0.336 e. The van der Waals surface area contributed by atoms with E-state index in [2.05, 4.69) is 5.32 Å². The third kappa shape index (κ3) is 4.37. The molecule has 0 radical (unpaired) electrons. The summed E-state index contributed by atoms with van der Waals surface area (Å²) in [6.45, 7) is 2.03. The van der Waals surface area contributed by atoms with E-state index in [1.165, 1.54) is 14.2 Å². The molecule has 0 fully saturated rings. The van der Waals surface area contributed by atoms with Crippen molar-refractivity contribution in [3.8, 4) is 11.5 Å². The number of carbonyl (C=O) groups is 2. The van der Waals surface area contributed by atoms with E-state index in [9.17, 15) is 9.59 Å². The van der Waals surface area contributed by atoms with E-state index in [1.54, 1.807) is 37.3 Å². The molecule has 5 rings (SSSR count). The highest BCUT2D eigenvalue weighted by Crippen LogP contribution is 2.49. The van der Waals surface area contributed by atoms with Gasteiger partial charge in [-0.3, -0.25) is 4.79 Å². The zero-order valence-corrected chi connectivity index (χ0v) is 21.9. The van der Waals surface area contributed by atoms with Gasteiger partial charge in [-0.15, -0.1) is 0 Å². The molecule has 0 aromatic heterocycles. The van der Waals surface area contributed by atoms with Gasteiger partial charge in [0.15, 0.2) is 17.3 Å². The number of ether oxygens (including phenoxy) is 3. The first-order chi connectivity index (χ1) is 17.8. The third-order valence-electron chi connectivity index (χ3n) is 6.54. The average molecular weight is 536 g/mol. The molecule has 2 aliphatic rings. The Kier molecular flexibility index (Phi) is 6.71. The van der Waals surface area contributed by atoms with E-state index in [0.717, 1.165) is 11.1 Å². The van der Waals surface area contributed by atoms with Crippen molar-refractivity contribution >= 4 is 40.7 Å². The molecule has 6 nitrogen and oxygen atoms in total. The van der Waals surface area contributed by atoms with Crippen LogP contribution < -0.4 is 14.8 Å². The van der Waals surface area contributed by atoms with Gasteiger partial charge in [0.1, 0.15) is 6.61 Å². The number of ketones is 1. The van der Waals surface area contributed by atoms with Crippen LogP contribution in [0.2, 0.25) is 10.0 Å². The minimum absolute atomic E-state index is 0.157. The molecule has 0 unspecified atom stereocenters. The molecule has 1 N–H and O–H groups in total. The van der Waals surface area contributed by atoms with E-state index in [-0.39, 0.29) is 17.4 Å². The average Bonchev–Trinajstić information content (AvgIpc) is 3.18. The van der Waals surface area contributed by atoms with Crippen LogP contribution in [0.25, 0.3) is 5.70 Å². The summed E-state index contributed by atoms with van der Waals surface area (Å²) in [5, 5.41) is 4.18. The number of allylic oxidation sites excluding steroid dienone is 2. The normalized spacial score (nSPS) is 16.2. The van der Waals surface area contributed by atoms with Crippen molar-refractivity contribution in [1.82, 2.24) is 5.32 Å². The van der Waals surface area contributed by atoms with E-state index in [1.807, 2.05) is 30.3 Å². The van der Waals surface area contributed by atoms with Gasteiger partial charge >= 0.3 is 5.97 Å². The number of benzene rings is 3. The molecule has 8 heteroatoms. The molecule has 0 spiro atoms. The van der Waals surface area contributed by atoms with E-state index < -0.39 is 11.9 Å². The highest BCUT2D eigenvalue weighted by Gasteiger charge is 2.43. The molecule has 1 aliphatic carbocycles. The first kappa shape index (κ1) is 24.9. The molecular formula is C29H23Cl2NO5. The number of hydrogen-bond donors (Lipinski definition) is 1. The second kappa shape index (κ2) is 9.96. The molecule has 0 bridgehead atoms. The van der Waals surface area contributed by atoms with Crippen LogP contribution in [0, 0.1) is 0 Å². The number of carbonyl (C=O) groups excluding carboxylic acids is 2. The zero-order chi connectivity index (χ0) is 26.3. The van der Waals surface area contributed by atoms with Gasteiger partial charge in [0.05, 0.1) is 30.5 Å². The van der Waals surface area contributed by atoms with Crippen LogP contribution in [0.3, 0.4) is 0 Å². The lowest BCUT2D eigenvalue weighted by atomic mass is 9.79. The number of hydrogen-bond acceptors (Lipinski definition) is 6. The number of dihydropyridines is 1. The summed E-state index contributed by atoms with van der Waals surface area (Å²) in [7, 11) is 2.83. The van der Waals surface area contributed by atoms with Crippen LogP contribution in [-0.2, 0) is 16.1 Å². The van der Waals surface area contributed by atoms with Crippen LogP contribution in [0.4, 0.5) is 0 Å². The highest BCUT2D eigenvalue weighted by molar-refractivity contribution is 6.32. The number of fused-ring (bicyclic) bond motifs is 2. The second-order valence-electron chi connectivity index (χ2n) is 8.70. The predicted molar refractivity (Wildman–Crippen MR) is 142 cm³/mol. The number of Topliss-reactive ketones (excluding diaryl/α,β-unsaturated/α-hetero) is 1. The minimum atomic E-state index is -0.722. The van der Waals surface area contributed by atoms with E-state index in [4.69, 9.17) is 37.4 Å². The highest BCUT2D eigenvalue weighted by atomic mass is 35.5. The van der Waals surface area contributed by atoms with Crippen LogP contribution in [-0.4, -0.2) is 26.0 Å². The topological polar surface area (TPSA) is 73.9 Å². The molecule has 0 amide bonds. The van der Waals surface area contributed by atoms with Crippen molar-refractivity contribution < 1.29 is 23.8 Å². The lowest BCUT2D eigenvalue weighted by Gasteiger charge is -2.29. The Morgan fingerprint density at radius 2 is 1.70 bits per heavy atom. The van der Waals surface area contributed by atoms with Gasteiger partial charge in [0, 0.05) is 33.3 Å². The number of nitrogens with one attached hydrogen (secondary N) is 1. The Hall–Kier alpha value is -3.74. The minimum Gasteiger partial charge on any atom is -0.493 e. The van der Waals surface area contributed by atoms with Gasteiger partial charge in [-0.2, -0.15) is 0 Å². The fourth-order valence-electron chi connectivity index (χ4n) is 4.83. The van der Waals surface area contributed by atoms with Gasteiger partial charge in [-0.05, 0) is 42.3 Å². The van der Waals surface area contributed by atoms with Crippen LogP contribution in [0.15, 0.2) is 77.5 Å². The van der Waals surface area contributed by atoms with E-state index in [0.29, 0.717) is 50.2 Å². The molecule has 37 heavy (non-hydrogen) atoms. The largest absolute Gasteiger partial charge is 0.493 e. The van der Waals surface area contributed by atoms with Crippen molar-refractivity contribution in [2.45, 2.75) is 19.4 Å². The summed E-state index contributed by atoms with van der Waals surface area (Å²) in [6, 6.07) is 18.1. The van der Waals surface area contributed by atoms with Crippen molar-refractivity contribution in [3.63, 3.8) is 0 Å². The Labute approximate surface area is 224 Å². The maximum atomic E-state index is 13.6. The van der Waals surface area contributed by atoms with Crippen LogP contribution in [0.5, 0.6) is 11.5 Å². The molecule has 3 aromatic carbocycles. The van der Waals surface area contributed by atoms with Crippen molar-refractivity contribution in [2.24, 2.45) is 0 Å². The fraction of sp³-hybridized carbons (Fsp3) is 0.172. The molecular weight excluding hydrogens is 513 g/mol. The third-order valence-corrected chi connectivity index (χ3v) is 7.07. The molecule has 1 aliphatic heterocycles. The summed E-state index contributed by atoms with van der Waals surface area (Å²) in [5.41, 5.74) is 4.93. The molecule has 1 atom stereocenters. The molecule has 1 heterocycles. The smallest absolute Gasteiger partial charge is 0.336 e. The standard InChI is InChI=1S/C29H23Cl2NO5/c1-15-23(29(34)36-3)24(25-26(32-15)19-6-4-5-7-20(19)27(25)33)17-12-21(31)28(22(13-17)35-2)37-14-16-8-10-18(30)11-9-16/h4-13,24,32H,14H2,1-3H3/t24-/m0/s1.